The van der Waals surface area contributed by atoms with Crippen molar-refractivity contribution in [1.29, 1.82) is 0 Å². The summed E-state index contributed by atoms with van der Waals surface area (Å²) in [5, 5.41) is 2.21. The molecule has 38 heavy (non-hydrogen) atoms. The van der Waals surface area contributed by atoms with Gasteiger partial charge < -0.3 is 4.90 Å². The molecular weight excluding hydrogens is 530 g/mol. The van der Waals surface area contributed by atoms with Crippen molar-refractivity contribution in [3.8, 4) is 0 Å². The number of nitrogens with one attached hydrogen (secondary N) is 1. The Balaban J connectivity index is 1.31. The van der Waals surface area contributed by atoms with Crippen molar-refractivity contribution >= 4 is 27.7 Å². The summed E-state index contributed by atoms with van der Waals surface area (Å²) in [6.45, 7) is 0.0543. The molecule has 0 aromatic heterocycles. The molecule has 2 aromatic rings. The van der Waals surface area contributed by atoms with Crippen molar-refractivity contribution in [1.82, 2.24) is 14.5 Å². The van der Waals surface area contributed by atoms with E-state index in [0.29, 0.717) is 17.2 Å². The van der Waals surface area contributed by atoms with Crippen molar-refractivity contribution < 1.29 is 40.4 Å². The third-order valence-electron chi connectivity index (χ3n) is 7.33. The zero-order valence-electron chi connectivity index (χ0n) is 19.9. The lowest BCUT2D eigenvalue weighted by Crippen LogP contribution is -2.52. The number of carbonyl (C=O) groups is 3. The Morgan fingerprint density at radius 1 is 0.974 bits per heavy atom. The summed E-state index contributed by atoms with van der Waals surface area (Å²) in [4.78, 5) is 37.4. The molecule has 3 heterocycles. The summed E-state index contributed by atoms with van der Waals surface area (Å²) in [6.07, 6.45) is -3.94. The SMILES string of the molecule is O=C1CCC(N2Cc3cc(C4CCN(S(=O)(=O)c5cccc(C(F)(F)F)c5)CC4)c(F)cc3C2=O)C(=O)N1. The van der Waals surface area contributed by atoms with Crippen LogP contribution in [0.25, 0.3) is 0 Å². The van der Waals surface area contributed by atoms with Crippen LogP contribution in [0.2, 0.25) is 0 Å². The molecule has 1 unspecified atom stereocenters. The molecule has 3 aliphatic heterocycles. The monoisotopic (exact) mass is 553 g/mol. The summed E-state index contributed by atoms with van der Waals surface area (Å²) in [6, 6.07) is 5.43. The van der Waals surface area contributed by atoms with Gasteiger partial charge in [0.2, 0.25) is 21.8 Å². The van der Waals surface area contributed by atoms with E-state index in [-0.39, 0.29) is 56.8 Å². The normalized spacial score (nSPS) is 21.5. The van der Waals surface area contributed by atoms with E-state index in [4.69, 9.17) is 0 Å². The van der Waals surface area contributed by atoms with Crippen LogP contribution in [0.15, 0.2) is 41.3 Å². The van der Waals surface area contributed by atoms with Crippen LogP contribution in [0.1, 0.15) is 58.6 Å². The molecule has 1 N–H and O–H groups in total. The average Bonchev–Trinajstić information content (AvgIpc) is 3.18. The molecule has 202 valence electrons. The number of carbonyl (C=O) groups excluding carboxylic acids is 3. The van der Waals surface area contributed by atoms with Crippen LogP contribution < -0.4 is 5.32 Å². The highest BCUT2D eigenvalue weighted by Crippen LogP contribution is 2.37. The van der Waals surface area contributed by atoms with Crippen molar-refractivity contribution in [3.05, 3.63) is 64.5 Å². The molecule has 13 heteroatoms. The highest BCUT2D eigenvalue weighted by molar-refractivity contribution is 7.89. The van der Waals surface area contributed by atoms with Crippen LogP contribution in [0.5, 0.6) is 0 Å². The zero-order valence-corrected chi connectivity index (χ0v) is 20.7. The molecule has 0 radical (unpaired) electrons. The molecule has 2 fully saturated rings. The van der Waals surface area contributed by atoms with Gasteiger partial charge in [0.25, 0.3) is 5.91 Å². The standard InChI is InChI=1S/C25H23F4N3O5S/c26-20-12-19-15(13-32(24(19)35)21-4-5-22(33)30-23(21)34)10-18(20)14-6-8-31(9-7-14)38(36,37)17-3-1-2-16(11-17)25(27,28)29/h1-3,10-12,14,21H,4-9,13H2,(H,30,33,34). The van der Waals surface area contributed by atoms with Gasteiger partial charge in [0, 0.05) is 31.6 Å². The lowest BCUT2D eigenvalue weighted by Gasteiger charge is -2.32. The summed E-state index contributed by atoms with van der Waals surface area (Å²) >= 11 is 0. The minimum absolute atomic E-state index is 0.0128. The summed E-state index contributed by atoms with van der Waals surface area (Å²) in [5.41, 5.74) is -0.0667. The first-order valence-electron chi connectivity index (χ1n) is 12.0. The quantitative estimate of drug-likeness (QED) is 0.463. The first-order valence-corrected chi connectivity index (χ1v) is 13.4. The number of hydrogen-bond acceptors (Lipinski definition) is 5. The highest BCUT2D eigenvalue weighted by Gasteiger charge is 2.40. The van der Waals surface area contributed by atoms with E-state index < -0.39 is 56.2 Å². The Kier molecular flexibility index (Phi) is 6.54. The number of imide groups is 1. The van der Waals surface area contributed by atoms with Gasteiger partial charge in [0.15, 0.2) is 0 Å². The molecule has 0 bridgehead atoms. The molecular formula is C25H23F4N3O5S. The van der Waals surface area contributed by atoms with E-state index in [1.165, 1.54) is 4.90 Å². The molecule has 3 amide bonds. The van der Waals surface area contributed by atoms with Crippen LogP contribution in [0.4, 0.5) is 17.6 Å². The van der Waals surface area contributed by atoms with Gasteiger partial charge >= 0.3 is 6.18 Å². The Labute approximate surface area is 215 Å². The van der Waals surface area contributed by atoms with Gasteiger partial charge in [0.05, 0.1) is 10.5 Å². The molecule has 1 atom stereocenters. The number of halogens is 4. The minimum Gasteiger partial charge on any atom is -0.322 e. The minimum atomic E-state index is -4.68. The maximum Gasteiger partial charge on any atom is 0.416 e. The second kappa shape index (κ2) is 9.45. The fourth-order valence-electron chi connectivity index (χ4n) is 5.31. The third kappa shape index (κ3) is 4.68. The van der Waals surface area contributed by atoms with Crippen molar-refractivity contribution in [2.45, 2.75) is 55.3 Å². The highest BCUT2D eigenvalue weighted by atomic mass is 32.2. The Morgan fingerprint density at radius 3 is 2.34 bits per heavy atom. The maximum absolute atomic E-state index is 15.1. The van der Waals surface area contributed by atoms with Gasteiger partial charge in [-0.2, -0.15) is 17.5 Å². The van der Waals surface area contributed by atoms with Crippen molar-refractivity contribution in [2.24, 2.45) is 0 Å². The Morgan fingerprint density at radius 2 is 1.68 bits per heavy atom. The fraction of sp³-hybridized carbons (Fsp3) is 0.400. The van der Waals surface area contributed by atoms with Crippen LogP contribution in [-0.4, -0.2) is 54.5 Å². The molecule has 0 spiro atoms. The van der Waals surface area contributed by atoms with Gasteiger partial charge in [0.1, 0.15) is 11.9 Å². The van der Waals surface area contributed by atoms with E-state index in [0.717, 1.165) is 28.6 Å². The van der Waals surface area contributed by atoms with E-state index in [1.807, 2.05) is 0 Å². The molecule has 0 aliphatic carbocycles. The fourth-order valence-corrected chi connectivity index (χ4v) is 6.83. The lowest BCUT2D eigenvalue weighted by atomic mass is 9.88. The second-order valence-electron chi connectivity index (χ2n) is 9.63. The Hall–Kier alpha value is -3.32. The predicted molar refractivity (Wildman–Crippen MR) is 125 cm³/mol. The van der Waals surface area contributed by atoms with E-state index >= 15 is 4.39 Å². The number of nitrogens with zero attached hydrogens (tertiary/aromatic N) is 2. The van der Waals surface area contributed by atoms with E-state index in [9.17, 15) is 36.0 Å². The van der Waals surface area contributed by atoms with Crippen molar-refractivity contribution in [2.75, 3.05) is 13.1 Å². The summed E-state index contributed by atoms with van der Waals surface area (Å²) in [5.74, 6) is -2.47. The van der Waals surface area contributed by atoms with Gasteiger partial charge in [-0.25, -0.2) is 12.8 Å². The number of rotatable bonds is 4. The van der Waals surface area contributed by atoms with Crippen LogP contribution in [0, 0.1) is 5.82 Å². The molecule has 3 aliphatic rings. The number of benzene rings is 2. The Bertz CT molecular complexity index is 1430. The smallest absolute Gasteiger partial charge is 0.322 e. The summed E-state index contributed by atoms with van der Waals surface area (Å²) < 4.78 is 81.4. The molecule has 2 aromatic carbocycles. The largest absolute Gasteiger partial charge is 0.416 e. The molecule has 5 rings (SSSR count). The van der Waals surface area contributed by atoms with Gasteiger partial charge in [-0.05, 0) is 60.6 Å². The van der Waals surface area contributed by atoms with Crippen LogP contribution in [0.3, 0.4) is 0 Å². The zero-order chi connectivity index (χ0) is 27.4. The van der Waals surface area contributed by atoms with Gasteiger partial charge in [-0.1, -0.05) is 12.1 Å². The molecule has 2 saturated heterocycles. The predicted octanol–water partition coefficient (Wildman–Crippen LogP) is 3.17. The van der Waals surface area contributed by atoms with Gasteiger partial charge in [-0.3, -0.25) is 19.7 Å². The molecule has 8 nitrogen and oxygen atoms in total. The third-order valence-corrected chi connectivity index (χ3v) is 9.23. The number of fused-ring (bicyclic) bond motifs is 1. The number of hydrogen-bond donors (Lipinski definition) is 1. The average molecular weight is 554 g/mol. The number of alkyl halides is 3. The maximum atomic E-state index is 15.1. The first-order chi connectivity index (χ1) is 17.9. The van der Waals surface area contributed by atoms with Gasteiger partial charge in [-0.15, -0.1) is 0 Å². The first kappa shape index (κ1) is 26.3. The molecule has 0 saturated carbocycles. The van der Waals surface area contributed by atoms with E-state index in [1.54, 1.807) is 6.07 Å². The summed E-state index contributed by atoms with van der Waals surface area (Å²) in [7, 11) is -4.18. The van der Waals surface area contributed by atoms with Crippen molar-refractivity contribution in [3.63, 3.8) is 0 Å². The second-order valence-corrected chi connectivity index (χ2v) is 11.6. The lowest BCUT2D eigenvalue weighted by molar-refractivity contribution is -0.138. The number of sulfonamides is 1. The number of piperidine rings is 2. The van der Waals surface area contributed by atoms with E-state index in [2.05, 4.69) is 5.32 Å². The van der Waals surface area contributed by atoms with Crippen LogP contribution >= 0.6 is 0 Å². The van der Waals surface area contributed by atoms with Crippen LogP contribution in [-0.2, 0) is 32.3 Å². The number of amides is 3. The topological polar surface area (TPSA) is 104 Å².